The number of aliphatic hydroxyl groups is 1. The van der Waals surface area contributed by atoms with E-state index in [1.54, 1.807) is 12.1 Å². The zero-order valence-corrected chi connectivity index (χ0v) is 30.3. The summed E-state index contributed by atoms with van der Waals surface area (Å²) in [6, 6.07) is 13.1. The van der Waals surface area contributed by atoms with Crippen molar-refractivity contribution in [3.05, 3.63) is 71.7 Å². The fourth-order valence-electron chi connectivity index (χ4n) is 5.89. The molecule has 4 rings (SSSR count). The van der Waals surface area contributed by atoms with E-state index in [-0.39, 0.29) is 37.9 Å². The summed E-state index contributed by atoms with van der Waals surface area (Å²) in [6.07, 6.45) is 3.21. The van der Waals surface area contributed by atoms with E-state index in [1.807, 2.05) is 71.0 Å². The molecule has 1 aromatic heterocycles. The molecule has 2 heterocycles. The first-order valence-electron chi connectivity index (χ1n) is 17.6. The Hall–Kier alpha value is -4.75. The minimum Gasteiger partial charge on any atom is -0.443 e. The van der Waals surface area contributed by atoms with Gasteiger partial charge in [-0.1, -0.05) is 45.0 Å². The van der Waals surface area contributed by atoms with Crippen molar-refractivity contribution in [2.75, 3.05) is 38.2 Å². The van der Waals surface area contributed by atoms with Gasteiger partial charge in [-0.3, -0.25) is 19.2 Å². The van der Waals surface area contributed by atoms with Crippen LogP contribution in [0.2, 0.25) is 0 Å². The summed E-state index contributed by atoms with van der Waals surface area (Å²) in [5, 5.41) is 22.3. The Morgan fingerprint density at radius 3 is 2.39 bits per heavy atom. The number of anilines is 1. The lowest BCUT2D eigenvalue weighted by Crippen LogP contribution is -2.58. The third kappa shape index (κ3) is 11.4. The Labute approximate surface area is 299 Å². The molecule has 0 bridgehead atoms. The number of rotatable bonds is 17. The summed E-state index contributed by atoms with van der Waals surface area (Å²) in [5.74, 6) is -0.627. The van der Waals surface area contributed by atoms with E-state index in [9.17, 15) is 24.3 Å². The molecule has 4 amide bonds. The van der Waals surface area contributed by atoms with Crippen molar-refractivity contribution in [1.29, 1.82) is 0 Å². The summed E-state index contributed by atoms with van der Waals surface area (Å²) in [4.78, 5) is 57.4. The molecule has 5 N–H and O–H groups in total. The molecule has 3 atom stereocenters. The van der Waals surface area contributed by atoms with Crippen molar-refractivity contribution >= 4 is 29.3 Å². The maximum Gasteiger partial charge on any atom is 0.251 e. The van der Waals surface area contributed by atoms with E-state index in [1.165, 1.54) is 11.3 Å². The largest absolute Gasteiger partial charge is 0.443 e. The number of amides is 4. The smallest absolute Gasteiger partial charge is 0.251 e. The van der Waals surface area contributed by atoms with Crippen LogP contribution in [0, 0.1) is 12.3 Å². The number of β-amino-alcohol motifs (C(OH)–C–C–N with tert-alkyl or cyclic N) is 1. The first-order chi connectivity index (χ1) is 24.4. The summed E-state index contributed by atoms with van der Waals surface area (Å²) < 4.78 is 11.1. The molecule has 13 nitrogen and oxygen atoms in total. The van der Waals surface area contributed by atoms with E-state index in [0.717, 1.165) is 48.3 Å². The average Bonchev–Trinajstić information content (AvgIpc) is 3.72. The van der Waals surface area contributed by atoms with E-state index >= 15 is 0 Å². The van der Waals surface area contributed by atoms with Crippen molar-refractivity contribution in [3.8, 4) is 11.3 Å². The standard InChI is InChI=1S/C38H52N6O7/c1-6-39-35(47)28-14-16-29(17-15-28)40-18-8-7-9-19-50-23-32(46)43-34(38(3,4)5)37(49)44-22-30(45)20-31(44)36(48)41-21-26-10-12-27(13-11-26)33-25(2)42-24-51-33/h10-17,24,30-31,34,40,45H,6-9,18-23H2,1-5H3,(H,39,47)(H,41,48)(H,43,46)/t30-,31+,34-/m1/s1. The summed E-state index contributed by atoms with van der Waals surface area (Å²) in [7, 11) is 0. The Kier molecular flexibility index (Phi) is 14.1. The molecule has 1 fully saturated rings. The van der Waals surface area contributed by atoms with Crippen LogP contribution in [0.5, 0.6) is 0 Å². The van der Waals surface area contributed by atoms with Gasteiger partial charge in [0.15, 0.2) is 12.2 Å². The second-order valence-electron chi connectivity index (χ2n) is 13.9. The third-order valence-corrected chi connectivity index (χ3v) is 8.72. The van der Waals surface area contributed by atoms with Crippen LogP contribution in [0.25, 0.3) is 11.3 Å². The molecule has 2 aromatic carbocycles. The number of nitrogens with zero attached hydrogens (tertiary/aromatic N) is 2. The van der Waals surface area contributed by atoms with Gasteiger partial charge in [-0.25, -0.2) is 4.98 Å². The quantitative estimate of drug-likeness (QED) is 0.131. The van der Waals surface area contributed by atoms with E-state index in [2.05, 4.69) is 26.3 Å². The number of carbonyl (C=O) groups excluding carboxylic acids is 4. The Balaban J connectivity index is 1.19. The molecule has 0 unspecified atom stereocenters. The SMILES string of the molecule is CCNC(=O)c1ccc(NCCCCCOCC(=O)N[C@H](C(=O)N2C[C@H](O)C[C@H]2C(=O)NCc2ccc(-c3ocnc3C)cc2)C(C)(C)C)cc1. The highest BCUT2D eigenvalue weighted by molar-refractivity contribution is 5.94. The zero-order chi connectivity index (χ0) is 37.0. The summed E-state index contributed by atoms with van der Waals surface area (Å²) in [6.45, 7) is 11.1. The van der Waals surface area contributed by atoms with Gasteiger partial charge in [0.25, 0.3) is 5.91 Å². The molecule has 1 aliphatic rings. The highest BCUT2D eigenvalue weighted by Gasteiger charge is 2.44. The second kappa shape index (κ2) is 18.5. The Bertz CT molecular complexity index is 1600. The molecule has 0 spiro atoms. The van der Waals surface area contributed by atoms with E-state index in [0.29, 0.717) is 24.5 Å². The summed E-state index contributed by atoms with van der Waals surface area (Å²) in [5.41, 5.74) is 3.42. The number of aliphatic hydroxyl groups excluding tert-OH is 1. The van der Waals surface area contributed by atoms with E-state index < -0.39 is 35.4 Å². The molecule has 1 aliphatic heterocycles. The fraction of sp³-hybridized carbons (Fsp3) is 0.500. The van der Waals surface area contributed by atoms with Crippen LogP contribution in [0.1, 0.15) is 75.0 Å². The van der Waals surface area contributed by atoms with Crippen molar-refractivity contribution < 1.29 is 33.4 Å². The van der Waals surface area contributed by atoms with Gasteiger partial charge in [-0.05, 0) is 68.4 Å². The average molecular weight is 705 g/mol. The maximum absolute atomic E-state index is 13.8. The number of hydrogen-bond acceptors (Lipinski definition) is 9. The van der Waals surface area contributed by atoms with Crippen molar-refractivity contribution in [2.45, 2.75) is 85.0 Å². The zero-order valence-electron chi connectivity index (χ0n) is 30.3. The number of nitrogens with one attached hydrogen (secondary N) is 4. The van der Waals surface area contributed by atoms with Crippen LogP contribution in [0.15, 0.2) is 59.3 Å². The van der Waals surface area contributed by atoms with E-state index in [4.69, 9.17) is 9.15 Å². The second-order valence-corrected chi connectivity index (χ2v) is 13.9. The molecule has 3 aromatic rings. The van der Waals surface area contributed by atoms with Gasteiger partial charge in [-0.2, -0.15) is 0 Å². The number of aromatic nitrogens is 1. The van der Waals surface area contributed by atoms with Crippen molar-refractivity contribution in [1.82, 2.24) is 25.8 Å². The number of likely N-dealkylation sites (tertiary alicyclic amines) is 1. The molecule has 0 saturated carbocycles. The number of ether oxygens (including phenoxy) is 1. The highest BCUT2D eigenvalue weighted by atomic mass is 16.5. The first-order valence-corrected chi connectivity index (χ1v) is 17.6. The number of benzene rings is 2. The lowest BCUT2D eigenvalue weighted by molar-refractivity contribution is -0.144. The van der Waals surface area contributed by atoms with Gasteiger partial charge >= 0.3 is 0 Å². The molecule has 51 heavy (non-hydrogen) atoms. The molecular weight excluding hydrogens is 652 g/mol. The lowest BCUT2D eigenvalue weighted by Gasteiger charge is -2.35. The summed E-state index contributed by atoms with van der Waals surface area (Å²) >= 11 is 0. The third-order valence-electron chi connectivity index (χ3n) is 8.72. The predicted octanol–water partition coefficient (Wildman–Crippen LogP) is 3.81. The molecule has 276 valence electrons. The van der Waals surface area contributed by atoms with Crippen molar-refractivity contribution in [3.63, 3.8) is 0 Å². The van der Waals surface area contributed by atoms with Gasteiger partial charge in [-0.15, -0.1) is 0 Å². The van der Waals surface area contributed by atoms with Gasteiger partial charge < -0.3 is 40.4 Å². The first kappa shape index (κ1) is 39.0. The minimum absolute atomic E-state index is 0.00260. The van der Waals surface area contributed by atoms with Gasteiger partial charge in [0, 0.05) is 56.0 Å². The molecule has 0 radical (unpaired) electrons. The topological polar surface area (TPSA) is 175 Å². The van der Waals surface area contributed by atoms with Crippen LogP contribution in [-0.2, 0) is 25.7 Å². The van der Waals surface area contributed by atoms with Gasteiger partial charge in [0.2, 0.25) is 17.7 Å². The predicted molar refractivity (Wildman–Crippen MR) is 194 cm³/mol. The maximum atomic E-state index is 13.8. The van der Waals surface area contributed by atoms with Gasteiger partial charge in [0.05, 0.1) is 11.8 Å². The van der Waals surface area contributed by atoms with Gasteiger partial charge in [0.1, 0.15) is 18.7 Å². The number of hydrogen-bond donors (Lipinski definition) is 5. The lowest BCUT2D eigenvalue weighted by atomic mass is 9.85. The molecule has 13 heteroatoms. The Morgan fingerprint density at radius 1 is 1.02 bits per heavy atom. The molecular formula is C38H52N6O7. The highest BCUT2D eigenvalue weighted by Crippen LogP contribution is 2.27. The number of carbonyl (C=O) groups is 4. The van der Waals surface area contributed by atoms with Crippen molar-refractivity contribution in [2.24, 2.45) is 5.41 Å². The number of oxazole rings is 1. The van der Waals surface area contributed by atoms with Crippen LogP contribution < -0.4 is 21.3 Å². The van der Waals surface area contributed by atoms with Crippen LogP contribution in [-0.4, -0.2) is 89.7 Å². The Morgan fingerprint density at radius 2 is 1.75 bits per heavy atom. The molecule has 0 aliphatic carbocycles. The number of unbranched alkanes of at least 4 members (excludes halogenated alkanes) is 2. The van der Waals surface area contributed by atoms with Crippen LogP contribution in [0.3, 0.4) is 0 Å². The monoisotopic (exact) mass is 704 g/mol. The fourth-order valence-corrected chi connectivity index (χ4v) is 5.89. The number of aryl methyl sites for hydroxylation is 1. The van der Waals surface area contributed by atoms with Crippen LogP contribution in [0.4, 0.5) is 5.69 Å². The minimum atomic E-state index is -0.928. The van der Waals surface area contributed by atoms with Crippen LogP contribution >= 0.6 is 0 Å². The molecule has 1 saturated heterocycles. The normalized spacial score (nSPS) is 16.4.